The molecule has 26 heavy (non-hydrogen) atoms. The van der Waals surface area contributed by atoms with Crippen molar-refractivity contribution in [1.82, 2.24) is 24.3 Å². The molecule has 4 heterocycles. The zero-order valence-electron chi connectivity index (χ0n) is 15.5. The zero-order chi connectivity index (χ0) is 18.4. The second-order valence-electron chi connectivity index (χ2n) is 6.40. The van der Waals surface area contributed by atoms with Crippen molar-refractivity contribution in [1.29, 1.82) is 0 Å². The summed E-state index contributed by atoms with van der Waals surface area (Å²) in [5, 5.41) is 0. The predicted molar refractivity (Wildman–Crippen MR) is 102 cm³/mol. The van der Waals surface area contributed by atoms with Crippen molar-refractivity contribution in [2.75, 3.05) is 26.1 Å². The molecule has 0 spiro atoms. The molecule has 0 atom stereocenters. The number of ether oxygens (including phenoxy) is 1. The van der Waals surface area contributed by atoms with Gasteiger partial charge < -0.3 is 9.64 Å². The highest BCUT2D eigenvalue weighted by atomic mass is 16.5. The van der Waals surface area contributed by atoms with Crippen LogP contribution in [-0.2, 0) is 0 Å². The summed E-state index contributed by atoms with van der Waals surface area (Å²) in [6.07, 6.45) is 1.84. The van der Waals surface area contributed by atoms with Crippen molar-refractivity contribution in [3.8, 4) is 17.3 Å². The van der Waals surface area contributed by atoms with Gasteiger partial charge in [0.05, 0.1) is 24.0 Å². The summed E-state index contributed by atoms with van der Waals surface area (Å²) < 4.78 is 7.35. The number of fused-ring (bicyclic) bond motifs is 3. The largest absolute Gasteiger partial charge is 0.481 e. The van der Waals surface area contributed by atoms with E-state index in [0.717, 1.165) is 45.3 Å². The van der Waals surface area contributed by atoms with E-state index in [0.29, 0.717) is 5.88 Å². The first-order valence-electron chi connectivity index (χ1n) is 8.33. The minimum absolute atomic E-state index is 0.544. The van der Waals surface area contributed by atoms with Crippen LogP contribution in [0.25, 0.3) is 28.1 Å². The number of rotatable bonds is 3. The van der Waals surface area contributed by atoms with Gasteiger partial charge in [0.15, 0.2) is 5.65 Å². The lowest BCUT2D eigenvalue weighted by Gasteiger charge is -2.11. The first kappa shape index (κ1) is 16.3. The van der Waals surface area contributed by atoms with E-state index >= 15 is 0 Å². The third-order valence-corrected chi connectivity index (χ3v) is 4.40. The first-order chi connectivity index (χ1) is 12.5. The summed E-state index contributed by atoms with van der Waals surface area (Å²) in [7, 11) is 5.54. The highest BCUT2D eigenvalue weighted by molar-refractivity contribution is 5.81. The lowest BCUT2D eigenvalue weighted by molar-refractivity contribution is 0.399. The van der Waals surface area contributed by atoms with Crippen LogP contribution in [-0.4, -0.2) is 45.5 Å². The number of nitrogens with zero attached hydrogens (tertiary/aromatic N) is 6. The molecule has 0 aliphatic carbocycles. The van der Waals surface area contributed by atoms with E-state index in [2.05, 4.69) is 15.0 Å². The highest BCUT2D eigenvalue weighted by Crippen LogP contribution is 2.28. The standard InChI is InChI=1S/C19H20N6O/c1-11-17-12(2)22-18(13-6-8-15(20-10-13)24(3)4)25(17)19-14(21-11)7-9-16(23-19)26-5/h6-10H,1-5H3. The van der Waals surface area contributed by atoms with Gasteiger partial charge in [-0.3, -0.25) is 4.40 Å². The topological polar surface area (TPSA) is 68.4 Å². The summed E-state index contributed by atoms with van der Waals surface area (Å²) in [6.45, 7) is 3.98. The van der Waals surface area contributed by atoms with Crippen LogP contribution < -0.4 is 9.64 Å². The Balaban J connectivity index is 2.06. The fourth-order valence-corrected chi connectivity index (χ4v) is 3.16. The molecule has 7 heteroatoms. The number of aryl methyl sites for hydroxylation is 2. The van der Waals surface area contributed by atoms with E-state index in [1.807, 2.05) is 67.7 Å². The average molecular weight is 348 g/mol. The van der Waals surface area contributed by atoms with Crippen molar-refractivity contribution in [3.05, 3.63) is 41.9 Å². The van der Waals surface area contributed by atoms with E-state index in [-0.39, 0.29) is 0 Å². The Labute approximate surface area is 151 Å². The van der Waals surface area contributed by atoms with Gasteiger partial charge in [0, 0.05) is 31.9 Å². The average Bonchev–Trinajstić information content (AvgIpc) is 3.00. The number of imidazole rings is 1. The molecule has 4 aromatic heterocycles. The van der Waals surface area contributed by atoms with Crippen LogP contribution in [0.1, 0.15) is 11.4 Å². The molecule has 0 aromatic carbocycles. The van der Waals surface area contributed by atoms with E-state index in [1.165, 1.54) is 0 Å². The summed E-state index contributed by atoms with van der Waals surface area (Å²) in [6, 6.07) is 7.74. The van der Waals surface area contributed by atoms with Crippen molar-refractivity contribution >= 4 is 22.5 Å². The Morgan fingerprint density at radius 3 is 2.38 bits per heavy atom. The van der Waals surface area contributed by atoms with E-state index in [1.54, 1.807) is 7.11 Å². The van der Waals surface area contributed by atoms with E-state index < -0.39 is 0 Å². The fourth-order valence-electron chi connectivity index (χ4n) is 3.16. The molecule has 0 saturated heterocycles. The lowest BCUT2D eigenvalue weighted by Crippen LogP contribution is -2.10. The molecule has 0 bridgehead atoms. The number of methoxy groups -OCH3 is 1. The molecule has 132 valence electrons. The van der Waals surface area contributed by atoms with Gasteiger partial charge in [-0.15, -0.1) is 0 Å². The van der Waals surface area contributed by atoms with Gasteiger partial charge in [0.1, 0.15) is 17.2 Å². The molecule has 0 N–H and O–H groups in total. The second-order valence-corrected chi connectivity index (χ2v) is 6.40. The lowest BCUT2D eigenvalue weighted by atomic mass is 10.2. The minimum atomic E-state index is 0.544. The maximum atomic E-state index is 5.31. The number of anilines is 1. The Bertz CT molecular complexity index is 1110. The zero-order valence-corrected chi connectivity index (χ0v) is 15.5. The van der Waals surface area contributed by atoms with Crippen molar-refractivity contribution < 1.29 is 4.74 Å². The molecule has 0 fully saturated rings. The van der Waals surface area contributed by atoms with Crippen molar-refractivity contribution in [2.24, 2.45) is 0 Å². The third-order valence-electron chi connectivity index (χ3n) is 4.40. The fraction of sp³-hybridized carbons (Fsp3) is 0.263. The van der Waals surface area contributed by atoms with Crippen LogP contribution in [0.4, 0.5) is 5.82 Å². The molecule has 0 saturated carbocycles. The summed E-state index contributed by atoms with van der Waals surface area (Å²) in [4.78, 5) is 20.6. The molecule has 7 nitrogen and oxygen atoms in total. The first-order valence-corrected chi connectivity index (χ1v) is 8.33. The molecule has 4 aromatic rings. The molecular weight excluding hydrogens is 328 g/mol. The number of aromatic nitrogens is 5. The van der Waals surface area contributed by atoms with Gasteiger partial charge in [-0.25, -0.2) is 15.0 Å². The molecule has 0 unspecified atom stereocenters. The number of hydrogen-bond donors (Lipinski definition) is 0. The quantitative estimate of drug-likeness (QED) is 0.567. The van der Waals surface area contributed by atoms with Crippen LogP contribution in [0.2, 0.25) is 0 Å². The van der Waals surface area contributed by atoms with Crippen LogP contribution >= 0.6 is 0 Å². The minimum Gasteiger partial charge on any atom is -0.481 e. The molecule has 4 rings (SSSR count). The summed E-state index contributed by atoms with van der Waals surface area (Å²) in [5.74, 6) is 2.24. The molecule has 0 aliphatic rings. The second kappa shape index (κ2) is 5.94. The predicted octanol–water partition coefficient (Wildman–Crippen LogP) is 3.03. The molecule has 0 radical (unpaired) electrons. The van der Waals surface area contributed by atoms with E-state index in [4.69, 9.17) is 9.72 Å². The monoisotopic (exact) mass is 348 g/mol. The van der Waals surface area contributed by atoms with Gasteiger partial charge in [0.25, 0.3) is 0 Å². The normalized spacial score (nSPS) is 11.3. The number of pyridine rings is 2. The molecular formula is C19H20N6O. The van der Waals surface area contributed by atoms with Crippen LogP contribution in [0, 0.1) is 13.8 Å². The van der Waals surface area contributed by atoms with Gasteiger partial charge in [-0.05, 0) is 32.0 Å². The Morgan fingerprint density at radius 2 is 1.73 bits per heavy atom. The Morgan fingerprint density at radius 1 is 0.962 bits per heavy atom. The Hall–Kier alpha value is -3.22. The van der Waals surface area contributed by atoms with Gasteiger partial charge in [0.2, 0.25) is 5.88 Å². The summed E-state index contributed by atoms with van der Waals surface area (Å²) >= 11 is 0. The van der Waals surface area contributed by atoms with E-state index in [9.17, 15) is 0 Å². The van der Waals surface area contributed by atoms with Crippen LogP contribution in [0.15, 0.2) is 30.5 Å². The van der Waals surface area contributed by atoms with Gasteiger partial charge in [-0.2, -0.15) is 4.98 Å². The third kappa shape index (κ3) is 2.44. The summed E-state index contributed by atoms with van der Waals surface area (Å²) in [5.41, 5.74) is 5.23. The van der Waals surface area contributed by atoms with Gasteiger partial charge >= 0.3 is 0 Å². The van der Waals surface area contributed by atoms with Crippen molar-refractivity contribution in [2.45, 2.75) is 13.8 Å². The number of hydrogen-bond acceptors (Lipinski definition) is 6. The van der Waals surface area contributed by atoms with Crippen LogP contribution in [0.5, 0.6) is 5.88 Å². The Kier molecular flexibility index (Phi) is 3.72. The highest BCUT2D eigenvalue weighted by Gasteiger charge is 2.17. The SMILES string of the molecule is COc1ccc2nc(C)c3c(C)nc(-c4ccc(N(C)C)nc4)n3c2n1. The maximum absolute atomic E-state index is 5.31. The van der Waals surface area contributed by atoms with Gasteiger partial charge in [-0.1, -0.05) is 0 Å². The molecule has 0 aliphatic heterocycles. The van der Waals surface area contributed by atoms with Crippen molar-refractivity contribution in [3.63, 3.8) is 0 Å². The van der Waals surface area contributed by atoms with Crippen LogP contribution in [0.3, 0.4) is 0 Å². The molecule has 0 amide bonds. The smallest absolute Gasteiger partial charge is 0.215 e. The maximum Gasteiger partial charge on any atom is 0.215 e.